The van der Waals surface area contributed by atoms with Crippen molar-refractivity contribution in [1.29, 1.82) is 0 Å². The Hall–Kier alpha value is -2.20. The molecule has 0 aliphatic heterocycles. The fourth-order valence-electron chi connectivity index (χ4n) is 1.76. The van der Waals surface area contributed by atoms with E-state index in [-0.39, 0.29) is 5.91 Å². The predicted octanol–water partition coefficient (Wildman–Crippen LogP) is 3.41. The molecule has 0 aromatic heterocycles. The van der Waals surface area contributed by atoms with E-state index in [1.807, 2.05) is 25.1 Å². The Morgan fingerprint density at radius 2 is 1.95 bits per heavy atom. The fourth-order valence-corrected chi connectivity index (χ4v) is 1.98. The first-order valence-corrected chi connectivity index (χ1v) is 6.45. The van der Waals surface area contributed by atoms with Gasteiger partial charge in [0, 0.05) is 0 Å². The average molecular weight is 291 g/mol. The lowest BCUT2D eigenvalue weighted by atomic mass is 10.2. The number of amides is 1. The number of methoxy groups -OCH3 is 1. The van der Waals surface area contributed by atoms with Gasteiger partial charge >= 0.3 is 0 Å². The quantitative estimate of drug-likeness (QED) is 0.849. The number of anilines is 1. The zero-order valence-electron chi connectivity index (χ0n) is 11.2. The van der Waals surface area contributed by atoms with Crippen LogP contribution in [0.25, 0.3) is 0 Å². The van der Waals surface area contributed by atoms with Crippen molar-refractivity contribution in [3.05, 3.63) is 58.6 Å². The van der Waals surface area contributed by atoms with E-state index in [4.69, 9.17) is 16.3 Å². The van der Waals surface area contributed by atoms with E-state index in [9.17, 15) is 4.79 Å². The highest BCUT2D eigenvalue weighted by Gasteiger charge is 2.10. The van der Waals surface area contributed by atoms with Gasteiger partial charge in [-0.05, 0) is 36.8 Å². The highest BCUT2D eigenvalue weighted by Crippen LogP contribution is 2.24. The fraction of sp³-hybridized carbons (Fsp3) is 0.133. The van der Waals surface area contributed by atoms with Crippen LogP contribution >= 0.6 is 11.6 Å². The molecule has 0 bridgehead atoms. The maximum absolute atomic E-state index is 12.0. The van der Waals surface area contributed by atoms with Gasteiger partial charge in [0.15, 0.2) is 0 Å². The van der Waals surface area contributed by atoms with Crippen molar-refractivity contribution in [2.75, 3.05) is 12.5 Å². The van der Waals surface area contributed by atoms with Crippen molar-refractivity contribution in [3.63, 3.8) is 0 Å². The minimum atomic E-state index is -0.306. The smallest absolute Gasteiger partial charge is 0.271 e. The van der Waals surface area contributed by atoms with Crippen LogP contribution in [-0.2, 0) is 0 Å². The summed E-state index contributed by atoms with van der Waals surface area (Å²) in [5.41, 5.74) is 7.61. The number of benzene rings is 2. The van der Waals surface area contributed by atoms with Gasteiger partial charge in [0.25, 0.3) is 5.91 Å². The molecule has 2 N–H and O–H groups in total. The second kappa shape index (κ2) is 6.30. The number of aryl methyl sites for hydroxylation is 1. The molecule has 0 radical (unpaired) electrons. The predicted molar refractivity (Wildman–Crippen MR) is 80.3 cm³/mol. The Kier molecular flexibility index (Phi) is 4.48. The van der Waals surface area contributed by atoms with Crippen LogP contribution in [0.1, 0.15) is 15.9 Å². The topological polar surface area (TPSA) is 50.4 Å². The SMILES string of the molecule is COc1ccc(C)cc1NNC(=O)c1ccccc1Cl. The molecule has 2 aromatic carbocycles. The normalized spacial score (nSPS) is 9.95. The number of nitrogens with one attached hydrogen (secondary N) is 2. The molecular weight excluding hydrogens is 276 g/mol. The maximum Gasteiger partial charge on any atom is 0.271 e. The molecule has 5 heteroatoms. The number of hydrogen-bond acceptors (Lipinski definition) is 3. The summed E-state index contributed by atoms with van der Waals surface area (Å²) in [7, 11) is 1.58. The molecule has 1 amide bonds. The van der Waals surface area contributed by atoms with E-state index >= 15 is 0 Å². The van der Waals surface area contributed by atoms with Gasteiger partial charge in [0.2, 0.25) is 0 Å². The monoisotopic (exact) mass is 290 g/mol. The summed E-state index contributed by atoms with van der Waals surface area (Å²) in [5.74, 6) is 0.342. The van der Waals surface area contributed by atoms with Crippen LogP contribution in [0.4, 0.5) is 5.69 Å². The molecule has 0 heterocycles. The van der Waals surface area contributed by atoms with Crippen LogP contribution in [0.15, 0.2) is 42.5 Å². The van der Waals surface area contributed by atoms with Crippen LogP contribution in [0.5, 0.6) is 5.75 Å². The van der Waals surface area contributed by atoms with Crippen molar-refractivity contribution < 1.29 is 9.53 Å². The van der Waals surface area contributed by atoms with Crippen LogP contribution in [-0.4, -0.2) is 13.0 Å². The minimum absolute atomic E-state index is 0.306. The van der Waals surface area contributed by atoms with E-state index in [0.29, 0.717) is 22.0 Å². The van der Waals surface area contributed by atoms with Gasteiger partial charge in [-0.3, -0.25) is 15.6 Å². The molecule has 104 valence electrons. The molecule has 20 heavy (non-hydrogen) atoms. The van der Waals surface area contributed by atoms with E-state index in [1.165, 1.54) is 0 Å². The van der Waals surface area contributed by atoms with Crippen LogP contribution in [0.3, 0.4) is 0 Å². The summed E-state index contributed by atoms with van der Waals surface area (Å²) >= 11 is 5.97. The lowest BCUT2D eigenvalue weighted by Crippen LogP contribution is -2.29. The summed E-state index contributed by atoms with van der Waals surface area (Å²) in [6.07, 6.45) is 0. The average Bonchev–Trinajstić information content (AvgIpc) is 2.45. The number of hydrazine groups is 1. The molecule has 0 aliphatic carbocycles. The standard InChI is InChI=1S/C15H15ClN2O2/c1-10-7-8-14(20-2)13(9-10)17-18-15(19)11-5-3-4-6-12(11)16/h3-9,17H,1-2H3,(H,18,19). The lowest BCUT2D eigenvalue weighted by Gasteiger charge is -2.13. The molecule has 0 atom stereocenters. The Labute approximate surface area is 122 Å². The molecule has 0 saturated heterocycles. The maximum atomic E-state index is 12.0. The third kappa shape index (κ3) is 3.22. The molecule has 4 nitrogen and oxygen atoms in total. The summed E-state index contributed by atoms with van der Waals surface area (Å²) < 4.78 is 5.22. The van der Waals surface area contributed by atoms with E-state index in [2.05, 4.69) is 10.9 Å². The first-order chi connectivity index (χ1) is 9.61. The van der Waals surface area contributed by atoms with Gasteiger partial charge in [-0.25, -0.2) is 0 Å². The van der Waals surface area contributed by atoms with Crippen LogP contribution in [0.2, 0.25) is 5.02 Å². The number of carbonyl (C=O) groups excluding carboxylic acids is 1. The van der Waals surface area contributed by atoms with E-state index in [0.717, 1.165) is 5.56 Å². The summed E-state index contributed by atoms with van der Waals surface area (Å²) in [6.45, 7) is 1.96. The zero-order valence-corrected chi connectivity index (χ0v) is 12.0. The van der Waals surface area contributed by atoms with Crippen LogP contribution in [0, 0.1) is 6.92 Å². The second-order valence-corrected chi connectivity index (χ2v) is 4.67. The number of carbonyl (C=O) groups is 1. The number of hydrogen-bond donors (Lipinski definition) is 2. The van der Waals surface area contributed by atoms with Crippen molar-refractivity contribution in [1.82, 2.24) is 5.43 Å². The largest absolute Gasteiger partial charge is 0.495 e. The van der Waals surface area contributed by atoms with E-state index < -0.39 is 0 Å². The van der Waals surface area contributed by atoms with Crippen molar-refractivity contribution in [2.24, 2.45) is 0 Å². The highest BCUT2D eigenvalue weighted by atomic mass is 35.5. The van der Waals surface area contributed by atoms with Gasteiger partial charge < -0.3 is 4.74 Å². The summed E-state index contributed by atoms with van der Waals surface area (Å²) in [6, 6.07) is 12.5. The molecule has 0 aliphatic rings. The van der Waals surface area contributed by atoms with Crippen molar-refractivity contribution in [2.45, 2.75) is 6.92 Å². The Morgan fingerprint density at radius 3 is 2.65 bits per heavy atom. The van der Waals surface area contributed by atoms with Gasteiger partial charge in [0.1, 0.15) is 5.75 Å². The van der Waals surface area contributed by atoms with Crippen LogP contribution < -0.4 is 15.6 Å². The summed E-state index contributed by atoms with van der Waals surface area (Å²) in [4.78, 5) is 12.0. The first-order valence-electron chi connectivity index (χ1n) is 6.07. The van der Waals surface area contributed by atoms with Gasteiger partial charge in [-0.2, -0.15) is 0 Å². The zero-order chi connectivity index (χ0) is 14.5. The Bertz CT molecular complexity index is 629. The Morgan fingerprint density at radius 1 is 1.20 bits per heavy atom. The van der Waals surface area contributed by atoms with Gasteiger partial charge in [0.05, 0.1) is 23.4 Å². The van der Waals surface area contributed by atoms with Crippen molar-refractivity contribution in [3.8, 4) is 5.75 Å². The molecule has 2 rings (SSSR count). The first kappa shape index (κ1) is 14.2. The Balaban J connectivity index is 2.11. The number of ether oxygens (including phenoxy) is 1. The van der Waals surface area contributed by atoms with E-state index in [1.54, 1.807) is 31.4 Å². The lowest BCUT2D eigenvalue weighted by molar-refractivity contribution is 0.0963. The molecule has 2 aromatic rings. The molecule has 0 spiro atoms. The summed E-state index contributed by atoms with van der Waals surface area (Å²) in [5, 5.41) is 0.406. The molecular formula is C15H15ClN2O2. The molecule has 0 fully saturated rings. The highest BCUT2D eigenvalue weighted by molar-refractivity contribution is 6.33. The second-order valence-electron chi connectivity index (χ2n) is 4.26. The van der Waals surface area contributed by atoms with Gasteiger partial charge in [-0.15, -0.1) is 0 Å². The number of halogens is 1. The van der Waals surface area contributed by atoms with Crippen molar-refractivity contribution >= 4 is 23.2 Å². The minimum Gasteiger partial charge on any atom is -0.495 e. The van der Waals surface area contributed by atoms with Gasteiger partial charge in [-0.1, -0.05) is 29.8 Å². The molecule has 0 unspecified atom stereocenters. The third-order valence-electron chi connectivity index (χ3n) is 2.78. The molecule has 0 saturated carbocycles. The number of rotatable bonds is 4. The third-order valence-corrected chi connectivity index (χ3v) is 3.11.